The third kappa shape index (κ3) is 2.29. The van der Waals surface area contributed by atoms with Crippen LogP contribution in [0.25, 0.3) is 16.9 Å². The quantitative estimate of drug-likeness (QED) is 0.769. The van der Waals surface area contributed by atoms with E-state index >= 15 is 0 Å². The standard InChI is InChI=1S/C15H11N3O2/c19-13-4-7-18(10-14(13)20)15-8-11(3-6-17-15)12-2-1-5-16-9-12/h1-10,20H. The Labute approximate surface area is 114 Å². The highest BCUT2D eigenvalue weighted by molar-refractivity contribution is 5.63. The summed E-state index contributed by atoms with van der Waals surface area (Å²) in [6, 6.07) is 8.85. The topological polar surface area (TPSA) is 68.0 Å². The molecule has 0 unspecified atom stereocenters. The van der Waals surface area contributed by atoms with Gasteiger partial charge >= 0.3 is 0 Å². The lowest BCUT2D eigenvalue weighted by Crippen LogP contribution is -2.04. The zero-order valence-corrected chi connectivity index (χ0v) is 10.5. The first kappa shape index (κ1) is 12.1. The number of nitrogens with zero attached hydrogens (tertiary/aromatic N) is 3. The van der Waals surface area contributed by atoms with Gasteiger partial charge in [-0.15, -0.1) is 0 Å². The smallest absolute Gasteiger partial charge is 0.223 e. The molecule has 0 aliphatic rings. The molecule has 0 saturated carbocycles. The first-order valence-electron chi connectivity index (χ1n) is 6.02. The highest BCUT2D eigenvalue weighted by Crippen LogP contribution is 2.19. The fourth-order valence-corrected chi connectivity index (χ4v) is 1.89. The minimum atomic E-state index is -0.412. The molecular formula is C15H11N3O2. The van der Waals surface area contributed by atoms with E-state index in [0.717, 1.165) is 11.1 Å². The summed E-state index contributed by atoms with van der Waals surface area (Å²) in [7, 11) is 0. The zero-order chi connectivity index (χ0) is 13.9. The van der Waals surface area contributed by atoms with Gasteiger partial charge in [0.05, 0.1) is 6.20 Å². The summed E-state index contributed by atoms with van der Waals surface area (Å²) in [4.78, 5) is 19.5. The van der Waals surface area contributed by atoms with Crippen molar-refractivity contribution in [2.24, 2.45) is 0 Å². The molecule has 98 valence electrons. The van der Waals surface area contributed by atoms with Gasteiger partial charge in [-0.2, -0.15) is 0 Å². The fraction of sp³-hybridized carbons (Fsp3) is 0. The third-order valence-corrected chi connectivity index (χ3v) is 2.91. The van der Waals surface area contributed by atoms with Crippen molar-refractivity contribution in [3.8, 4) is 22.7 Å². The molecule has 0 saturated heterocycles. The fourth-order valence-electron chi connectivity index (χ4n) is 1.89. The second-order valence-electron chi connectivity index (χ2n) is 4.25. The normalized spacial score (nSPS) is 10.4. The van der Waals surface area contributed by atoms with Crippen LogP contribution >= 0.6 is 0 Å². The summed E-state index contributed by atoms with van der Waals surface area (Å²) in [5, 5.41) is 9.48. The van der Waals surface area contributed by atoms with Crippen LogP contribution in [0.5, 0.6) is 5.75 Å². The molecule has 5 nitrogen and oxygen atoms in total. The van der Waals surface area contributed by atoms with Crippen LogP contribution in [0.3, 0.4) is 0 Å². The van der Waals surface area contributed by atoms with Crippen LogP contribution in [0.2, 0.25) is 0 Å². The Kier molecular flexibility index (Phi) is 3.01. The molecule has 3 aromatic rings. The van der Waals surface area contributed by atoms with Gasteiger partial charge in [0.1, 0.15) is 5.82 Å². The average molecular weight is 265 g/mol. The van der Waals surface area contributed by atoms with Crippen molar-refractivity contribution in [1.29, 1.82) is 0 Å². The first-order chi connectivity index (χ1) is 9.74. The van der Waals surface area contributed by atoms with E-state index in [9.17, 15) is 9.90 Å². The lowest BCUT2D eigenvalue weighted by molar-refractivity contribution is 0.465. The van der Waals surface area contributed by atoms with Gasteiger partial charge in [-0.05, 0) is 23.8 Å². The summed E-state index contributed by atoms with van der Waals surface area (Å²) < 4.78 is 1.59. The van der Waals surface area contributed by atoms with E-state index in [1.165, 1.54) is 12.3 Å². The molecule has 5 heteroatoms. The van der Waals surface area contributed by atoms with E-state index in [-0.39, 0.29) is 5.75 Å². The number of hydrogen-bond acceptors (Lipinski definition) is 4. The van der Waals surface area contributed by atoms with Crippen LogP contribution in [0, 0.1) is 0 Å². The Morgan fingerprint density at radius 2 is 2.00 bits per heavy atom. The lowest BCUT2D eigenvalue weighted by atomic mass is 10.1. The molecule has 0 aliphatic carbocycles. The van der Waals surface area contributed by atoms with Crippen molar-refractivity contribution in [3.63, 3.8) is 0 Å². The van der Waals surface area contributed by atoms with Gasteiger partial charge < -0.3 is 9.67 Å². The maximum absolute atomic E-state index is 11.2. The average Bonchev–Trinajstić information content (AvgIpc) is 2.51. The van der Waals surface area contributed by atoms with Gasteiger partial charge in [-0.25, -0.2) is 4.98 Å². The molecule has 20 heavy (non-hydrogen) atoms. The van der Waals surface area contributed by atoms with E-state index in [4.69, 9.17) is 0 Å². The first-order valence-corrected chi connectivity index (χ1v) is 6.02. The molecule has 0 aliphatic heterocycles. The van der Waals surface area contributed by atoms with Crippen LogP contribution < -0.4 is 5.43 Å². The van der Waals surface area contributed by atoms with Crippen LogP contribution in [0.15, 0.2) is 66.1 Å². The third-order valence-electron chi connectivity index (χ3n) is 2.91. The SMILES string of the molecule is O=c1ccn(-c2cc(-c3cccnc3)ccn2)cc1O. The van der Waals surface area contributed by atoms with Gasteiger partial charge in [0.25, 0.3) is 0 Å². The van der Waals surface area contributed by atoms with Crippen molar-refractivity contribution >= 4 is 0 Å². The summed E-state index contributed by atoms with van der Waals surface area (Å²) in [6.45, 7) is 0. The molecule has 3 heterocycles. The van der Waals surface area contributed by atoms with Gasteiger partial charge in [-0.1, -0.05) is 6.07 Å². The zero-order valence-electron chi connectivity index (χ0n) is 10.5. The summed E-state index contributed by atoms with van der Waals surface area (Å²) >= 11 is 0. The summed E-state index contributed by atoms with van der Waals surface area (Å²) in [6.07, 6.45) is 8.06. The highest BCUT2D eigenvalue weighted by atomic mass is 16.3. The van der Waals surface area contributed by atoms with E-state index in [2.05, 4.69) is 9.97 Å². The second-order valence-corrected chi connectivity index (χ2v) is 4.25. The molecule has 0 aromatic carbocycles. The van der Waals surface area contributed by atoms with Crippen molar-refractivity contribution in [1.82, 2.24) is 14.5 Å². The maximum Gasteiger partial charge on any atom is 0.223 e. The van der Waals surface area contributed by atoms with E-state index in [0.29, 0.717) is 5.82 Å². The maximum atomic E-state index is 11.2. The molecule has 1 N–H and O–H groups in total. The Morgan fingerprint density at radius 1 is 1.10 bits per heavy atom. The van der Waals surface area contributed by atoms with Crippen LogP contribution in [0.1, 0.15) is 0 Å². The molecule has 0 fully saturated rings. The summed E-state index contributed by atoms with van der Waals surface area (Å²) in [5.41, 5.74) is 1.52. The Bertz CT molecular complexity index is 797. The Balaban J connectivity index is 2.07. The molecule has 3 rings (SSSR count). The van der Waals surface area contributed by atoms with Gasteiger partial charge in [-0.3, -0.25) is 9.78 Å². The van der Waals surface area contributed by atoms with Crippen molar-refractivity contribution in [2.45, 2.75) is 0 Å². The van der Waals surface area contributed by atoms with E-state index in [1.54, 1.807) is 29.4 Å². The molecule has 0 spiro atoms. The predicted octanol–water partition coefficient (Wildman–Crippen LogP) is 2.00. The van der Waals surface area contributed by atoms with Crippen molar-refractivity contribution < 1.29 is 5.11 Å². The predicted molar refractivity (Wildman–Crippen MR) is 74.7 cm³/mol. The second kappa shape index (κ2) is 4.97. The molecule has 0 bridgehead atoms. The Morgan fingerprint density at radius 3 is 2.75 bits per heavy atom. The monoisotopic (exact) mass is 265 g/mol. The Hall–Kier alpha value is -2.95. The van der Waals surface area contributed by atoms with Gasteiger partial charge in [0.2, 0.25) is 5.43 Å². The minimum absolute atomic E-state index is 0.305. The van der Waals surface area contributed by atoms with Crippen LogP contribution in [-0.2, 0) is 0 Å². The van der Waals surface area contributed by atoms with Gasteiger partial charge in [0, 0.05) is 36.4 Å². The number of pyridine rings is 3. The highest BCUT2D eigenvalue weighted by Gasteiger charge is 2.03. The van der Waals surface area contributed by atoms with E-state index in [1.807, 2.05) is 24.3 Å². The number of aromatic nitrogens is 3. The van der Waals surface area contributed by atoms with Gasteiger partial charge in [0.15, 0.2) is 5.75 Å². The van der Waals surface area contributed by atoms with Crippen molar-refractivity contribution in [3.05, 3.63) is 71.5 Å². The summed E-state index contributed by atoms with van der Waals surface area (Å²) in [5.74, 6) is 0.308. The van der Waals surface area contributed by atoms with Crippen LogP contribution in [0.4, 0.5) is 0 Å². The number of rotatable bonds is 2. The lowest BCUT2D eigenvalue weighted by Gasteiger charge is -2.07. The molecule has 3 aromatic heterocycles. The largest absolute Gasteiger partial charge is 0.503 e. The number of aromatic hydroxyl groups is 1. The minimum Gasteiger partial charge on any atom is -0.503 e. The van der Waals surface area contributed by atoms with Crippen LogP contribution in [-0.4, -0.2) is 19.6 Å². The molecular weight excluding hydrogens is 254 g/mol. The number of hydrogen-bond donors (Lipinski definition) is 1. The van der Waals surface area contributed by atoms with Crippen molar-refractivity contribution in [2.75, 3.05) is 0 Å². The molecule has 0 radical (unpaired) electrons. The molecule has 0 amide bonds. The molecule has 0 atom stereocenters. The van der Waals surface area contributed by atoms with E-state index < -0.39 is 5.43 Å².